The summed E-state index contributed by atoms with van der Waals surface area (Å²) in [7, 11) is 0. The van der Waals surface area contributed by atoms with E-state index in [-0.39, 0.29) is 11.0 Å². The van der Waals surface area contributed by atoms with Crippen molar-refractivity contribution in [2.75, 3.05) is 0 Å². The molecule has 0 aliphatic heterocycles. The summed E-state index contributed by atoms with van der Waals surface area (Å²) in [5.41, 5.74) is 0.964. The molecule has 1 heterocycles. The van der Waals surface area contributed by atoms with Crippen LogP contribution in [0.3, 0.4) is 0 Å². The van der Waals surface area contributed by atoms with Gasteiger partial charge in [0.2, 0.25) is 5.16 Å². The summed E-state index contributed by atoms with van der Waals surface area (Å²) in [5, 5.41) is 4.89. The third kappa shape index (κ3) is 2.98. The van der Waals surface area contributed by atoms with Gasteiger partial charge >= 0.3 is 0 Å². The lowest BCUT2D eigenvalue weighted by atomic mass is 10.2. The number of Topliss-reactive ketones (excluding diaryl/α,β-unsaturated/α-hetero) is 1. The Hall–Kier alpha value is -1.62. The van der Waals surface area contributed by atoms with Gasteiger partial charge in [0.1, 0.15) is 12.1 Å². The number of hydrogen-bond donors (Lipinski definition) is 0. The molecule has 0 saturated carbocycles. The summed E-state index contributed by atoms with van der Waals surface area (Å²) in [4.78, 5) is 15.7. The molecule has 1 aromatic carbocycles. The van der Waals surface area contributed by atoms with E-state index in [1.165, 1.54) is 11.8 Å². The molecule has 1 unspecified atom stereocenters. The number of carbonyl (C=O) groups excluding carboxylic acids is 1. The summed E-state index contributed by atoms with van der Waals surface area (Å²) >= 11 is 1.40. The summed E-state index contributed by atoms with van der Waals surface area (Å²) in [5.74, 6) is 0.219. The van der Waals surface area contributed by atoms with E-state index in [4.69, 9.17) is 0 Å². The molecule has 0 radical (unpaired) electrons. The summed E-state index contributed by atoms with van der Waals surface area (Å²) in [6.45, 7) is 3.76. The van der Waals surface area contributed by atoms with Gasteiger partial charge in [-0.2, -0.15) is 0 Å². The van der Waals surface area contributed by atoms with Crippen molar-refractivity contribution in [2.45, 2.75) is 30.7 Å². The molecule has 4 nitrogen and oxygen atoms in total. The van der Waals surface area contributed by atoms with E-state index in [1.807, 2.05) is 44.2 Å². The highest BCUT2D eigenvalue weighted by Gasteiger charge is 2.14. The van der Waals surface area contributed by atoms with E-state index in [0.29, 0.717) is 11.6 Å². The molecule has 0 fully saturated rings. The number of thioether (sulfide) groups is 1. The Balaban J connectivity index is 2.09. The normalized spacial score (nSPS) is 12.3. The van der Waals surface area contributed by atoms with Crippen LogP contribution in [0.1, 0.15) is 20.3 Å². The van der Waals surface area contributed by atoms with Crippen LogP contribution in [0.25, 0.3) is 5.69 Å². The van der Waals surface area contributed by atoms with Gasteiger partial charge in [-0.1, -0.05) is 36.9 Å². The van der Waals surface area contributed by atoms with E-state index in [0.717, 1.165) is 5.69 Å². The molecular formula is C13H15N3OS. The molecule has 0 aliphatic carbocycles. The Labute approximate surface area is 110 Å². The van der Waals surface area contributed by atoms with Crippen molar-refractivity contribution in [3.05, 3.63) is 36.7 Å². The minimum absolute atomic E-state index is 0.0957. The highest BCUT2D eigenvalue weighted by molar-refractivity contribution is 8.00. The van der Waals surface area contributed by atoms with Crippen molar-refractivity contribution in [1.82, 2.24) is 14.8 Å². The maximum atomic E-state index is 11.5. The molecule has 1 atom stereocenters. The molecule has 0 spiro atoms. The van der Waals surface area contributed by atoms with Crippen molar-refractivity contribution >= 4 is 17.5 Å². The van der Waals surface area contributed by atoms with E-state index in [2.05, 4.69) is 10.1 Å². The van der Waals surface area contributed by atoms with Crippen molar-refractivity contribution < 1.29 is 4.79 Å². The summed E-state index contributed by atoms with van der Waals surface area (Å²) < 4.78 is 1.71. The molecule has 18 heavy (non-hydrogen) atoms. The molecule has 0 saturated heterocycles. The zero-order chi connectivity index (χ0) is 13.0. The Morgan fingerprint density at radius 2 is 2.11 bits per heavy atom. The molecule has 1 aromatic heterocycles. The first-order chi connectivity index (χ1) is 8.70. The Morgan fingerprint density at radius 3 is 2.78 bits per heavy atom. The van der Waals surface area contributed by atoms with Crippen molar-refractivity contribution in [3.8, 4) is 5.69 Å². The third-order valence-corrected chi connectivity index (χ3v) is 3.59. The maximum absolute atomic E-state index is 11.5. The minimum Gasteiger partial charge on any atom is -0.298 e. The van der Waals surface area contributed by atoms with Gasteiger partial charge in [0.25, 0.3) is 0 Å². The van der Waals surface area contributed by atoms with Gasteiger partial charge in [-0.15, -0.1) is 5.10 Å². The number of aromatic nitrogens is 3. The first-order valence-corrected chi connectivity index (χ1v) is 6.75. The van der Waals surface area contributed by atoms with Gasteiger partial charge in [0.05, 0.1) is 10.9 Å². The van der Waals surface area contributed by atoms with Crippen LogP contribution in [0.2, 0.25) is 0 Å². The molecule has 2 aromatic rings. The average Bonchev–Trinajstić information content (AvgIpc) is 2.87. The first kappa shape index (κ1) is 12.8. The van der Waals surface area contributed by atoms with E-state index >= 15 is 0 Å². The second kappa shape index (κ2) is 5.82. The molecule has 0 N–H and O–H groups in total. The van der Waals surface area contributed by atoms with Crippen LogP contribution in [0.5, 0.6) is 0 Å². The monoisotopic (exact) mass is 261 g/mol. The topological polar surface area (TPSA) is 47.8 Å². The molecular weight excluding hydrogens is 246 g/mol. The smallest absolute Gasteiger partial charge is 0.209 e. The maximum Gasteiger partial charge on any atom is 0.209 e. The lowest BCUT2D eigenvalue weighted by Gasteiger charge is -2.04. The van der Waals surface area contributed by atoms with Gasteiger partial charge in [0.15, 0.2) is 0 Å². The second-order valence-electron chi connectivity index (χ2n) is 3.89. The van der Waals surface area contributed by atoms with Gasteiger partial charge in [-0.3, -0.25) is 4.79 Å². The number of nitrogens with zero attached hydrogens (tertiary/aromatic N) is 3. The van der Waals surface area contributed by atoms with Crippen LogP contribution in [-0.4, -0.2) is 25.8 Å². The molecule has 5 heteroatoms. The highest BCUT2D eigenvalue weighted by Crippen LogP contribution is 2.21. The van der Waals surface area contributed by atoms with Crippen LogP contribution in [-0.2, 0) is 4.79 Å². The van der Waals surface area contributed by atoms with Crippen LogP contribution in [0, 0.1) is 0 Å². The van der Waals surface area contributed by atoms with Crippen molar-refractivity contribution in [3.63, 3.8) is 0 Å². The van der Waals surface area contributed by atoms with Crippen LogP contribution in [0.15, 0.2) is 41.8 Å². The number of carbonyl (C=O) groups is 1. The summed E-state index contributed by atoms with van der Waals surface area (Å²) in [6.07, 6.45) is 2.22. The predicted molar refractivity (Wildman–Crippen MR) is 72.0 cm³/mol. The third-order valence-electron chi connectivity index (χ3n) is 2.58. The number of benzene rings is 1. The Kier molecular flexibility index (Phi) is 4.15. The van der Waals surface area contributed by atoms with Crippen LogP contribution in [0.4, 0.5) is 0 Å². The zero-order valence-electron chi connectivity index (χ0n) is 10.4. The lowest BCUT2D eigenvalue weighted by Crippen LogP contribution is -2.11. The Morgan fingerprint density at radius 1 is 1.39 bits per heavy atom. The molecule has 94 valence electrons. The highest BCUT2D eigenvalue weighted by atomic mass is 32.2. The van der Waals surface area contributed by atoms with Gasteiger partial charge in [-0.05, 0) is 19.1 Å². The Bertz CT molecular complexity index is 524. The number of para-hydroxylation sites is 1. The standard InChI is InChI=1S/C13H15N3OS/c1-3-12(17)10(2)18-13-14-9-16(15-13)11-7-5-4-6-8-11/h4-10H,3H2,1-2H3. The summed E-state index contributed by atoms with van der Waals surface area (Å²) in [6, 6.07) is 9.78. The van der Waals surface area contributed by atoms with E-state index in [1.54, 1.807) is 11.0 Å². The number of rotatable bonds is 5. The SMILES string of the molecule is CCC(=O)C(C)Sc1ncn(-c2ccccc2)n1. The zero-order valence-corrected chi connectivity index (χ0v) is 11.2. The van der Waals surface area contributed by atoms with Gasteiger partial charge in [-0.25, -0.2) is 9.67 Å². The second-order valence-corrected chi connectivity index (χ2v) is 5.20. The first-order valence-electron chi connectivity index (χ1n) is 5.87. The number of hydrogen-bond acceptors (Lipinski definition) is 4. The van der Waals surface area contributed by atoms with Gasteiger partial charge < -0.3 is 0 Å². The lowest BCUT2D eigenvalue weighted by molar-refractivity contribution is -0.118. The van der Waals surface area contributed by atoms with Crippen LogP contribution < -0.4 is 0 Å². The van der Waals surface area contributed by atoms with Crippen LogP contribution >= 0.6 is 11.8 Å². The van der Waals surface area contributed by atoms with E-state index in [9.17, 15) is 4.79 Å². The van der Waals surface area contributed by atoms with Crippen molar-refractivity contribution in [2.24, 2.45) is 0 Å². The van der Waals surface area contributed by atoms with E-state index < -0.39 is 0 Å². The predicted octanol–water partition coefficient (Wildman–Crippen LogP) is 2.73. The largest absolute Gasteiger partial charge is 0.298 e. The molecule has 0 aliphatic rings. The number of ketones is 1. The molecule has 0 amide bonds. The molecule has 0 bridgehead atoms. The van der Waals surface area contributed by atoms with Crippen molar-refractivity contribution in [1.29, 1.82) is 0 Å². The quantitative estimate of drug-likeness (QED) is 0.776. The average molecular weight is 261 g/mol. The molecule has 2 rings (SSSR count). The fraction of sp³-hybridized carbons (Fsp3) is 0.308. The van der Waals surface area contributed by atoms with Gasteiger partial charge in [0, 0.05) is 6.42 Å². The fourth-order valence-electron chi connectivity index (χ4n) is 1.52. The fourth-order valence-corrected chi connectivity index (χ4v) is 2.38. The minimum atomic E-state index is -0.0957.